The molecule has 0 aliphatic heterocycles. The molecule has 0 aromatic heterocycles. The highest BCUT2D eigenvalue weighted by Crippen LogP contribution is 2.68. The summed E-state index contributed by atoms with van der Waals surface area (Å²) in [6, 6.07) is 0. The summed E-state index contributed by atoms with van der Waals surface area (Å²) >= 11 is 2.08. The molecule has 0 saturated heterocycles. The van der Waals surface area contributed by atoms with Crippen molar-refractivity contribution in [2.75, 3.05) is 12.0 Å². The van der Waals surface area contributed by atoms with Crippen LogP contribution in [0.2, 0.25) is 0 Å². The van der Waals surface area contributed by atoms with Gasteiger partial charge in [-0.15, -0.1) is 0 Å². The molecule has 4 aliphatic rings. The van der Waals surface area contributed by atoms with Crippen LogP contribution in [0.3, 0.4) is 0 Å². The third-order valence-corrected chi connectivity index (χ3v) is 10.1. The molecule has 4 fully saturated rings. The molecule has 0 unspecified atom stereocenters. The summed E-state index contributed by atoms with van der Waals surface area (Å²) in [5, 5.41) is 10.7. The largest absolute Gasteiger partial charge is 0.390 e. The number of hydrogen-bond acceptors (Lipinski definition) is 2. The Bertz CT molecular complexity index is 552. The number of hydrogen-bond donors (Lipinski definition) is 1. The van der Waals surface area contributed by atoms with E-state index < -0.39 is 5.60 Å². The van der Waals surface area contributed by atoms with Gasteiger partial charge in [-0.2, -0.15) is 11.8 Å². The normalized spacial score (nSPS) is 54.0. The smallest absolute Gasteiger partial charge is 0.0622 e. The zero-order chi connectivity index (χ0) is 17.9. The highest BCUT2D eigenvalue weighted by Gasteiger charge is 2.61. The quantitative estimate of drug-likeness (QED) is 0.602. The predicted octanol–water partition coefficient (Wildman–Crippen LogP) is 6.07. The first-order valence-electron chi connectivity index (χ1n) is 10.7. The second-order valence-corrected chi connectivity index (χ2v) is 11.2. The molecule has 1 nitrogen and oxygen atoms in total. The van der Waals surface area contributed by atoms with Crippen LogP contribution in [0.4, 0.5) is 0 Å². The Labute approximate surface area is 159 Å². The van der Waals surface area contributed by atoms with Crippen LogP contribution in [0.25, 0.3) is 0 Å². The van der Waals surface area contributed by atoms with Crippen molar-refractivity contribution in [2.24, 2.45) is 34.5 Å². The molecule has 0 heterocycles. The molecule has 0 bridgehead atoms. The van der Waals surface area contributed by atoms with Gasteiger partial charge in [0.1, 0.15) is 0 Å². The van der Waals surface area contributed by atoms with Gasteiger partial charge in [-0.1, -0.05) is 18.6 Å². The number of fused-ring (bicyclic) bond motifs is 5. The van der Waals surface area contributed by atoms with Gasteiger partial charge in [0.25, 0.3) is 0 Å². The lowest BCUT2D eigenvalue weighted by Crippen LogP contribution is -2.57. The van der Waals surface area contributed by atoms with Gasteiger partial charge in [0.05, 0.1) is 5.60 Å². The third-order valence-electron chi connectivity index (χ3n) is 9.26. The van der Waals surface area contributed by atoms with E-state index in [0.717, 1.165) is 36.5 Å². The average molecular weight is 363 g/mol. The van der Waals surface area contributed by atoms with Gasteiger partial charge in [-0.3, -0.25) is 0 Å². The minimum atomic E-state index is -0.409. The van der Waals surface area contributed by atoms with Gasteiger partial charge >= 0.3 is 0 Å². The number of allylic oxidation sites excluding steroid dienone is 2. The zero-order valence-electron chi connectivity index (χ0n) is 16.8. The van der Waals surface area contributed by atoms with Gasteiger partial charge in [0.15, 0.2) is 0 Å². The topological polar surface area (TPSA) is 20.2 Å². The molecular formula is C23H38OS. The van der Waals surface area contributed by atoms with Crippen LogP contribution >= 0.6 is 11.8 Å². The fraction of sp³-hybridized carbons (Fsp3) is 0.913. The van der Waals surface area contributed by atoms with Crippen LogP contribution in [0, 0.1) is 34.5 Å². The lowest BCUT2D eigenvalue weighted by atomic mass is 9.44. The fourth-order valence-electron chi connectivity index (χ4n) is 8.11. The first-order chi connectivity index (χ1) is 11.9. The lowest BCUT2D eigenvalue weighted by Gasteiger charge is -2.62. The second-order valence-electron chi connectivity index (χ2n) is 10.3. The molecule has 7 atom stereocenters. The maximum Gasteiger partial charge on any atom is 0.0622 e. The summed E-state index contributed by atoms with van der Waals surface area (Å²) in [5.41, 5.74) is 2.38. The van der Waals surface area contributed by atoms with Crippen LogP contribution in [0.15, 0.2) is 11.6 Å². The molecule has 2 heteroatoms. The van der Waals surface area contributed by atoms with Crippen molar-refractivity contribution < 1.29 is 5.11 Å². The van der Waals surface area contributed by atoms with Gasteiger partial charge < -0.3 is 5.11 Å². The maximum atomic E-state index is 10.7. The summed E-state index contributed by atoms with van der Waals surface area (Å²) in [4.78, 5) is 0. The van der Waals surface area contributed by atoms with Crippen molar-refractivity contribution in [1.29, 1.82) is 0 Å². The Morgan fingerprint density at radius 3 is 2.60 bits per heavy atom. The molecule has 4 rings (SSSR count). The Morgan fingerprint density at radius 1 is 1.08 bits per heavy atom. The summed E-state index contributed by atoms with van der Waals surface area (Å²) in [7, 11) is 0. The van der Waals surface area contributed by atoms with Crippen LogP contribution in [-0.2, 0) is 0 Å². The first-order valence-corrected chi connectivity index (χ1v) is 12.1. The van der Waals surface area contributed by atoms with Crippen molar-refractivity contribution in [3.63, 3.8) is 0 Å². The number of rotatable bonds is 2. The summed E-state index contributed by atoms with van der Waals surface area (Å²) in [6.07, 6.45) is 16.6. The van der Waals surface area contributed by atoms with Gasteiger partial charge in [-0.05, 0) is 118 Å². The summed E-state index contributed by atoms with van der Waals surface area (Å²) < 4.78 is 0. The SMILES string of the molecule is C/C=C1/CC[C@H]2[C@@H]3CC[C@@H]4C[C@](C)(O)CC[C@]4(CSC)[C@H]3CC[C@]12C. The number of thioether (sulfide) groups is 1. The molecule has 0 amide bonds. The van der Waals surface area contributed by atoms with Crippen LogP contribution in [0.1, 0.15) is 78.6 Å². The Balaban J connectivity index is 1.66. The standard InChI is InChI=1S/C23H38OS/c1-5-16-7-9-19-18-8-6-17-14-21(2,24)12-13-23(17,15-25-4)20(18)10-11-22(16,19)3/h5,17-20,24H,6-15H2,1-4H3/b16-5-/t17-,18+,19+,20+,21-,22-,23-/m1/s1. The first kappa shape index (κ1) is 18.4. The third kappa shape index (κ3) is 2.68. The van der Waals surface area contributed by atoms with Crippen molar-refractivity contribution in [3.8, 4) is 0 Å². The molecule has 0 radical (unpaired) electrons. The Kier molecular flexibility index (Phi) is 4.64. The minimum Gasteiger partial charge on any atom is -0.390 e. The van der Waals surface area contributed by atoms with E-state index in [1.807, 2.05) is 0 Å². The van der Waals surface area contributed by atoms with Crippen LogP contribution in [-0.4, -0.2) is 22.7 Å². The van der Waals surface area contributed by atoms with Gasteiger partial charge in [-0.25, -0.2) is 0 Å². The Morgan fingerprint density at radius 2 is 1.88 bits per heavy atom. The second kappa shape index (κ2) is 6.30. The summed E-state index contributed by atoms with van der Waals surface area (Å²) in [6.45, 7) is 6.95. The average Bonchev–Trinajstić information content (AvgIpc) is 2.91. The molecule has 0 aromatic carbocycles. The van der Waals surface area contributed by atoms with Crippen LogP contribution in [0.5, 0.6) is 0 Å². The van der Waals surface area contributed by atoms with Gasteiger partial charge in [0, 0.05) is 0 Å². The molecular weight excluding hydrogens is 324 g/mol. The van der Waals surface area contributed by atoms with E-state index in [1.165, 1.54) is 50.7 Å². The maximum absolute atomic E-state index is 10.7. The van der Waals surface area contributed by atoms with Crippen molar-refractivity contribution in [1.82, 2.24) is 0 Å². The van der Waals surface area contributed by atoms with E-state index in [4.69, 9.17) is 0 Å². The molecule has 142 valence electrons. The lowest BCUT2D eigenvalue weighted by molar-refractivity contribution is -0.136. The van der Waals surface area contributed by atoms with E-state index in [-0.39, 0.29) is 0 Å². The van der Waals surface area contributed by atoms with Crippen molar-refractivity contribution in [2.45, 2.75) is 84.2 Å². The van der Waals surface area contributed by atoms with Gasteiger partial charge in [0.2, 0.25) is 0 Å². The molecule has 4 saturated carbocycles. The van der Waals surface area contributed by atoms with Crippen LogP contribution < -0.4 is 0 Å². The van der Waals surface area contributed by atoms with E-state index in [1.54, 1.807) is 5.57 Å². The minimum absolute atomic E-state index is 0.409. The van der Waals surface area contributed by atoms with E-state index >= 15 is 0 Å². The molecule has 25 heavy (non-hydrogen) atoms. The monoisotopic (exact) mass is 362 g/mol. The molecule has 0 spiro atoms. The molecule has 4 aliphatic carbocycles. The number of aliphatic hydroxyl groups is 1. The van der Waals surface area contributed by atoms with Crippen molar-refractivity contribution >= 4 is 11.8 Å². The zero-order valence-corrected chi connectivity index (χ0v) is 17.6. The predicted molar refractivity (Wildman–Crippen MR) is 109 cm³/mol. The Hall–Kier alpha value is 0.0500. The highest BCUT2D eigenvalue weighted by molar-refractivity contribution is 7.98. The van der Waals surface area contributed by atoms with E-state index in [9.17, 15) is 5.11 Å². The summed E-state index contributed by atoms with van der Waals surface area (Å²) in [5.74, 6) is 4.89. The fourth-order valence-corrected chi connectivity index (χ4v) is 9.24. The van der Waals surface area contributed by atoms with Crippen molar-refractivity contribution in [3.05, 3.63) is 11.6 Å². The molecule has 1 N–H and O–H groups in total. The van der Waals surface area contributed by atoms with E-state index in [2.05, 4.69) is 44.9 Å². The molecule has 0 aromatic rings. The highest BCUT2D eigenvalue weighted by atomic mass is 32.2. The van der Waals surface area contributed by atoms with E-state index in [0.29, 0.717) is 10.8 Å².